The molecule has 2 heterocycles. The molecule has 6 heteroatoms. The maximum atomic E-state index is 11.7. The monoisotopic (exact) mass is 280 g/mol. The van der Waals surface area contributed by atoms with Crippen molar-refractivity contribution in [1.82, 2.24) is 10.2 Å². The zero-order valence-electron chi connectivity index (χ0n) is 11.6. The van der Waals surface area contributed by atoms with Crippen LogP contribution >= 0.6 is 0 Å². The maximum Gasteiger partial charge on any atom is 0.322 e. The normalized spacial score (nSPS) is 17.6. The van der Waals surface area contributed by atoms with Gasteiger partial charge in [0, 0.05) is 0 Å². The van der Waals surface area contributed by atoms with E-state index in [1.807, 2.05) is 0 Å². The van der Waals surface area contributed by atoms with Crippen molar-refractivity contribution in [3.05, 3.63) is 23.7 Å². The number of likely N-dealkylation sites (tertiary alicyclic amines) is 1. The Bertz CT molecular complexity index is 477. The number of carboxylic acids is 1. The van der Waals surface area contributed by atoms with Crippen LogP contribution in [-0.4, -0.2) is 41.5 Å². The molecule has 1 aliphatic heterocycles. The second-order valence-corrected chi connectivity index (χ2v) is 5.05. The summed E-state index contributed by atoms with van der Waals surface area (Å²) in [4.78, 5) is 24.4. The summed E-state index contributed by atoms with van der Waals surface area (Å²) in [5, 5.41) is 10.8. The molecule has 1 atom stereocenters. The minimum atomic E-state index is -1.08. The van der Waals surface area contributed by atoms with Gasteiger partial charge in [0.1, 0.15) is 12.3 Å². The lowest BCUT2D eigenvalue weighted by atomic mass is 10.1. The summed E-state index contributed by atoms with van der Waals surface area (Å²) in [6.45, 7) is 3.74. The number of amides is 1. The molecule has 1 saturated heterocycles. The fourth-order valence-electron chi connectivity index (χ4n) is 2.43. The fraction of sp³-hybridized carbons (Fsp3) is 0.571. The van der Waals surface area contributed by atoms with Gasteiger partial charge in [-0.15, -0.1) is 0 Å². The molecule has 0 aromatic carbocycles. The second-order valence-electron chi connectivity index (χ2n) is 5.05. The number of hydrogen-bond donors (Lipinski definition) is 2. The Labute approximate surface area is 117 Å². The number of piperidine rings is 1. The average Bonchev–Trinajstić information content (AvgIpc) is 2.94. The van der Waals surface area contributed by atoms with Crippen LogP contribution in [0.15, 0.2) is 16.5 Å². The SMILES string of the molecule is CC(c1ccc(C(=O)NCC(=O)O)o1)N1CCCCC1. The second kappa shape index (κ2) is 6.56. The number of hydrogen-bond acceptors (Lipinski definition) is 4. The summed E-state index contributed by atoms with van der Waals surface area (Å²) in [5.41, 5.74) is 0. The molecule has 1 unspecified atom stereocenters. The van der Waals surface area contributed by atoms with Crippen LogP contribution in [0.4, 0.5) is 0 Å². The van der Waals surface area contributed by atoms with Crippen LogP contribution in [0.1, 0.15) is 48.5 Å². The predicted molar refractivity (Wildman–Crippen MR) is 72.5 cm³/mol. The highest BCUT2D eigenvalue weighted by atomic mass is 16.4. The molecule has 1 aliphatic rings. The molecule has 0 aliphatic carbocycles. The maximum absolute atomic E-state index is 11.7. The van der Waals surface area contributed by atoms with Crippen molar-refractivity contribution < 1.29 is 19.1 Å². The van der Waals surface area contributed by atoms with E-state index in [1.165, 1.54) is 19.3 Å². The van der Waals surface area contributed by atoms with E-state index in [-0.39, 0.29) is 11.8 Å². The van der Waals surface area contributed by atoms with Crippen molar-refractivity contribution >= 4 is 11.9 Å². The highest BCUT2D eigenvalue weighted by Crippen LogP contribution is 2.25. The van der Waals surface area contributed by atoms with Crippen molar-refractivity contribution in [2.75, 3.05) is 19.6 Å². The number of carboxylic acid groups (broad SMARTS) is 1. The standard InChI is InChI=1S/C14H20N2O4/c1-10(16-7-3-2-4-8-16)11-5-6-12(20-11)14(19)15-9-13(17)18/h5-6,10H,2-4,7-9H2,1H3,(H,15,19)(H,17,18). The highest BCUT2D eigenvalue weighted by Gasteiger charge is 2.22. The Balaban J connectivity index is 1.96. The molecule has 0 saturated carbocycles. The Morgan fingerprint density at radius 1 is 1.35 bits per heavy atom. The summed E-state index contributed by atoms with van der Waals surface area (Å²) < 4.78 is 5.55. The highest BCUT2D eigenvalue weighted by molar-refractivity contribution is 5.93. The Morgan fingerprint density at radius 2 is 2.05 bits per heavy atom. The number of aliphatic carboxylic acids is 1. The van der Waals surface area contributed by atoms with Crippen LogP contribution in [-0.2, 0) is 4.79 Å². The van der Waals surface area contributed by atoms with Gasteiger partial charge in [0.05, 0.1) is 6.04 Å². The molecular weight excluding hydrogens is 260 g/mol. The molecule has 0 bridgehead atoms. The number of nitrogens with one attached hydrogen (secondary N) is 1. The first kappa shape index (κ1) is 14.6. The van der Waals surface area contributed by atoms with E-state index >= 15 is 0 Å². The summed E-state index contributed by atoms with van der Waals surface area (Å²) in [6.07, 6.45) is 3.65. The summed E-state index contributed by atoms with van der Waals surface area (Å²) >= 11 is 0. The quantitative estimate of drug-likeness (QED) is 0.856. The molecule has 1 fully saturated rings. The Morgan fingerprint density at radius 3 is 2.70 bits per heavy atom. The zero-order valence-corrected chi connectivity index (χ0v) is 11.6. The molecule has 20 heavy (non-hydrogen) atoms. The van der Waals surface area contributed by atoms with Crippen molar-refractivity contribution in [1.29, 1.82) is 0 Å². The third-order valence-electron chi connectivity index (χ3n) is 3.60. The fourth-order valence-corrected chi connectivity index (χ4v) is 2.43. The van der Waals surface area contributed by atoms with Gasteiger partial charge < -0.3 is 14.8 Å². The smallest absolute Gasteiger partial charge is 0.322 e. The van der Waals surface area contributed by atoms with E-state index in [9.17, 15) is 9.59 Å². The zero-order chi connectivity index (χ0) is 14.5. The molecule has 110 valence electrons. The molecule has 2 rings (SSSR count). The van der Waals surface area contributed by atoms with E-state index in [4.69, 9.17) is 9.52 Å². The largest absolute Gasteiger partial charge is 0.480 e. The van der Waals surface area contributed by atoms with E-state index in [1.54, 1.807) is 12.1 Å². The Kier molecular flexibility index (Phi) is 4.79. The first-order valence-corrected chi connectivity index (χ1v) is 6.91. The molecule has 1 aromatic heterocycles. The molecular formula is C14H20N2O4. The molecule has 2 N–H and O–H groups in total. The summed E-state index contributed by atoms with van der Waals surface area (Å²) in [6, 6.07) is 3.51. The number of rotatable bonds is 5. The van der Waals surface area contributed by atoms with Crippen LogP contribution in [0.3, 0.4) is 0 Å². The molecule has 0 spiro atoms. The van der Waals surface area contributed by atoms with E-state index in [2.05, 4.69) is 17.1 Å². The van der Waals surface area contributed by atoms with Gasteiger partial charge in [-0.05, 0) is 45.0 Å². The van der Waals surface area contributed by atoms with Gasteiger partial charge in [0.15, 0.2) is 5.76 Å². The minimum Gasteiger partial charge on any atom is -0.480 e. The lowest BCUT2D eigenvalue weighted by Gasteiger charge is -2.31. The number of nitrogens with zero attached hydrogens (tertiary/aromatic N) is 1. The third kappa shape index (κ3) is 3.60. The van der Waals surface area contributed by atoms with Crippen LogP contribution in [0.5, 0.6) is 0 Å². The van der Waals surface area contributed by atoms with E-state index < -0.39 is 18.4 Å². The summed E-state index contributed by atoms with van der Waals surface area (Å²) in [5.74, 6) is -0.672. The predicted octanol–water partition coefficient (Wildman–Crippen LogP) is 1.64. The van der Waals surface area contributed by atoms with Gasteiger partial charge in [-0.3, -0.25) is 14.5 Å². The topological polar surface area (TPSA) is 82.8 Å². The number of furan rings is 1. The van der Waals surface area contributed by atoms with Gasteiger partial charge in [-0.2, -0.15) is 0 Å². The lowest BCUT2D eigenvalue weighted by molar-refractivity contribution is -0.135. The molecule has 6 nitrogen and oxygen atoms in total. The van der Waals surface area contributed by atoms with Crippen molar-refractivity contribution in [2.24, 2.45) is 0 Å². The van der Waals surface area contributed by atoms with Gasteiger partial charge >= 0.3 is 5.97 Å². The van der Waals surface area contributed by atoms with Gasteiger partial charge in [0.2, 0.25) is 0 Å². The minimum absolute atomic E-state index is 0.135. The summed E-state index contributed by atoms with van der Waals surface area (Å²) in [7, 11) is 0. The lowest BCUT2D eigenvalue weighted by Crippen LogP contribution is -2.32. The van der Waals surface area contributed by atoms with Gasteiger partial charge in [-0.1, -0.05) is 6.42 Å². The molecule has 1 aromatic rings. The van der Waals surface area contributed by atoms with Crippen LogP contribution in [0, 0.1) is 0 Å². The van der Waals surface area contributed by atoms with Crippen LogP contribution in [0.2, 0.25) is 0 Å². The first-order valence-electron chi connectivity index (χ1n) is 6.91. The van der Waals surface area contributed by atoms with Gasteiger partial charge in [-0.25, -0.2) is 0 Å². The van der Waals surface area contributed by atoms with E-state index in [0.717, 1.165) is 18.8 Å². The van der Waals surface area contributed by atoms with Crippen molar-refractivity contribution in [3.8, 4) is 0 Å². The molecule has 0 radical (unpaired) electrons. The van der Waals surface area contributed by atoms with Crippen molar-refractivity contribution in [2.45, 2.75) is 32.2 Å². The number of carbonyl (C=O) groups excluding carboxylic acids is 1. The average molecular weight is 280 g/mol. The van der Waals surface area contributed by atoms with E-state index in [0.29, 0.717) is 0 Å². The van der Waals surface area contributed by atoms with Gasteiger partial charge in [0.25, 0.3) is 5.91 Å². The Hall–Kier alpha value is -1.82. The van der Waals surface area contributed by atoms with Crippen LogP contribution in [0.25, 0.3) is 0 Å². The molecule has 1 amide bonds. The third-order valence-corrected chi connectivity index (χ3v) is 3.60. The van der Waals surface area contributed by atoms with Crippen molar-refractivity contribution in [3.63, 3.8) is 0 Å². The number of carbonyl (C=O) groups is 2. The van der Waals surface area contributed by atoms with Crippen LogP contribution < -0.4 is 5.32 Å². The first-order chi connectivity index (χ1) is 9.58.